The number of aryl methyl sites for hydroxylation is 1. The van der Waals surface area contributed by atoms with Gasteiger partial charge in [-0.25, -0.2) is 4.98 Å². The number of nitrogens with one attached hydrogen (secondary N) is 1. The second-order valence-electron chi connectivity index (χ2n) is 7.50. The number of H-pyrrole nitrogens is 1. The summed E-state index contributed by atoms with van der Waals surface area (Å²) in [7, 11) is 0. The average molecular weight is 494 g/mol. The van der Waals surface area contributed by atoms with Gasteiger partial charge in [-0.15, -0.1) is 21.5 Å². The predicted molar refractivity (Wildman–Crippen MR) is 134 cm³/mol. The summed E-state index contributed by atoms with van der Waals surface area (Å²) in [5.74, 6) is 2.01. The maximum atomic E-state index is 12.5. The van der Waals surface area contributed by atoms with Gasteiger partial charge in [0.15, 0.2) is 5.16 Å². The van der Waals surface area contributed by atoms with Crippen LogP contribution in [0.15, 0.2) is 76.0 Å². The Kier molecular flexibility index (Phi) is 6.57. The third-order valence-electron chi connectivity index (χ3n) is 5.23. The van der Waals surface area contributed by atoms with Crippen LogP contribution in [0.25, 0.3) is 10.9 Å². The van der Waals surface area contributed by atoms with Gasteiger partial charge in [0.25, 0.3) is 5.56 Å². The fraction of sp³-hybridized carbons (Fsp3) is 0.167. The Morgan fingerprint density at radius 3 is 2.76 bits per heavy atom. The van der Waals surface area contributed by atoms with Crippen molar-refractivity contribution in [3.8, 4) is 0 Å². The molecule has 0 saturated carbocycles. The minimum absolute atomic E-state index is 0.193. The summed E-state index contributed by atoms with van der Waals surface area (Å²) in [6.07, 6.45) is 1.63. The molecule has 0 aliphatic rings. The van der Waals surface area contributed by atoms with E-state index in [0.717, 1.165) is 30.4 Å². The summed E-state index contributed by atoms with van der Waals surface area (Å²) in [5, 5.41) is 12.8. The Bertz CT molecular complexity index is 1430. The maximum absolute atomic E-state index is 12.5. The van der Waals surface area contributed by atoms with E-state index in [2.05, 4.69) is 66.5 Å². The third kappa shape index (κ3) is 5.19. The lowest BCUT2D eigenvalue weighted by molar-refractivity contribution is 0.610. The summed E-state index contributed by atoms with van der Waals surface area (Å²) in [6, 6.07) is 19.7. The number of thiophene rings is 1. The van der Waals surface area contributed by atoms with Gasteiger partial charge in [-0.2, -0.15) is 0 Å². The van der Waals surface area contributed by atoms with Gasteiger partial charge < -0.3 is 9.55 Å². The van der Waals surface area contributed by atoms with Crippen molar-refractivity contribution in [1.29, 1.82) is 0 Å². The molecule has 3 heterocycles. The van der Waals surface area contributed by atoms with Crippen LogP contribution < -0.4 is 5.56 Å². The average Bonchev–Trinajstić information content (AvgIpc) is 3.48. The monoisotopic (exact) mass is 493 g/mol. The van der Waals surface area contributed by atoms with Gasteiger partial charge in [-0.3, -0.25) is 4.79 Å². The van der Waals surface area contributed by atoms with Crippen LogP contribution >= 0.6 is 34.7 Å². The molecule has 0 unspecified atom stereocenters. The lowest BCUT2D eigenvalue weighted by atomic mass is 10.1. The van der Waals surface area contributed by atoms with Crippen LogP contribution in [0.3, 0.4) is 0 Å². The van der Waals surface area contributed by atoms with E-state index in [4.69, 9.17) is 11.6 Å². The van der Waals surface area contributed by atoms with Crippen molar-refractivity contribution >= 4 is 45.6 Å². The minimum Gasteiger partial charge on any atom is -0.309 e. The first kappa shape index (κ1) is 21.9. The zero-order chi connectivity index (χ0) is 22.6. The molecular formula is C24H20ClN5OS2. The lowest BCUT2D eigenvalue weighted by Crippen LogP contribution is -2.12. The molecule has 0 bridgehead atoms. The van der Waals surface area contributed by atoms with Crippen molar-refractivity contribution in [1.82, 2.24) is 24.7 Å². The summed E-state index contributed by atoms with van der Waals surface area (Å²) in [6.45, 7) is 0.778. The number of thioether (sulfide) groups is 1. The second kappa shape index (κ2) is 9.91. The number of aromatic amines is 1. The van der Waals surface area contributed by atoms with Crippen LogP contribution in [-0.4, -0.2) is 24.7 Å². The van der Waals surface area contributed by atoms with Gasteiger partial charge in [-0.05, 0) is 41.6 Å². The molecule has 5 rings (SSSR count). The normalized spacial score (nSPS) is 11.3. The Balaban J connectivity index is 1.38. The van der Waals surface area contributed by atoms with E-state index in [1.807, 2.05) is 6.07 Å². The van der Waals surface area contributed by atoms with Crippen molar-refractivity contribution < 1.29 is 0 Å². The Hall–Kier alpha value is -2.94. The molecule has 0 radical (unpaired) electrons. The quantitative estimate of drug-likeness (QED) is 0.295. The number of nitrogens with zero attached hydrogens (tertiary/aromatic N) is 4. The van der Waals surface area contributed by atoms with Gasteiger partial charge in [-0.1, -0.05) is 59.8 Å². The number of hydrogen-bond donors (Lipinski definition) is 1. The van der Waals surface area contributed by atoms with Gasteiger partial charge in [0, 0.05) is 22.9 Å². The van der Waals surface area contributed by atoms with Crippen molar-refractivity contribution in [2.75, 3.05) is 0 Å². The maximum Gasteiger partial charge on any atom is 0.258 e. The molecule has 0 aliphatic heterocycles. The standard InChI is InChI=1S/C24H20ClN5OS2/c25-17-8-9-20-19(13-17)23(31)27-21(26-20)15-33-24-29-28-22(14-18-7-4-12-32-18)30(24)11-10-16-5-2-1-3-6-16/h1-9,12-13H,10-11,14-15H2,(H,26,27,31). The van der Waals surface area contributed by atoms with E-state index in [-0.39, 0.29) is 5.56 Å². The van der Waals surface area contributed by atoms with Crippen molar-refractivity contribution in [2.24, 2.45) is 0 Å². The fourth-order valence-electron chi connectivity index (χ4n) is 3.60. The molecule has 0 amide bonds. The molecule has 2 aromatic carbocycles. The predicted octanol–water partition coefficient (Wildman–Crippen LogP) is 5.36. The number of halogens is 1. The molecule has 6 nitrogen and oxygen atoms in total. The first-order valence-electron chi connectivity index (χ1n) is 10.5. The largest absolute Gasteiger partial charge is 0.309 e. The molecule has 166 valence electrons. The Morgan fingerprint density at radius 1 is 1.06 bits per heavy atom. The summed E-state index contributed by atoms with van der Waals surface area (Å²) in [4.78, 5) is 21.2. The van der Waals surface area contributed by atoms with Crippen molar-refractivity contribution in [3.05, 3.63) is 104 Å². The molecule has 0 atom stereocenters. The van der Waals surface area contributed by atoms with Crippen LogP contribution in [-0.2, 0) is 25.1 Å². The Morgan fingerprint density at radius 2 is 1.94 bits per heavy atom. The van der Waals surface area contributed by atoms with Crippen LogP contribution in [0, 0.1) is 0 Å². The lowest BCUT2D eigenvalue weighted by Gasteiger charge is -2.10. The number of benzene rings is 2. The molecule has 1 N–H and O–H groups in total. The number of rotatable bonds is 8. The van der Waals surface area contributed by atoms with Crippen LogP contribution in [0.5, 0.6) is 0 Å². The smallest absolute Gasteiger partial charge is 0.258 e. The zero-order valence-corrected chi connectivity index (χ0v) is 20.0. The van der Waals surface area contributed by atoms with Gasteiger partial charge in [0.2, 0.25) is 0 Å². The van der Waals surface area contributed by atoms with E-state index in [1.54, 1.807) is 29.5 Å². The first-order valence-corrected chi connectivity index (χ1v) is 12.7. The van der Waals surface area contributed by atoms with E-state index in [9.17, 15) is 4.79 Å². The Labute approximate surface area is 203 Å². The summed E-state index contributed by atoms with van der Waals surface area (Å²) >= 11 is 9.25. The minimum atomic E-state index is -0.193. The SMILES string of the molecule is O=c1[nH]c(CSc2nnc(Cc3cccs3)n2CCc2ccccc2)nc2ccc(Cl)cc12. The third-order valence-corrected chi connectivity index (χ3v) is 7.32. The number of aromatic nitrogens is 5. The van der Waals surface area contributed by atoms with E-state index in [0.29, 0.717) is 27.5 Å². The molecule has 5 aromatic rings. The van der Waals surface area contributed by atoms with Gasteiger partial charge in [0.1, 0.15) is 11.6 Å². The molecule has 0 spiro atoms. The molecule has 33 heavy (non-hydrogen) atoms. The highest BCUT2D eigenvalue weighted by molar-refractivity contribution is 7.98. The first-order chi connectivity index (χ1) is 16.2. The van der Waals surface area contributed by atoms with Crippen molar-refractivity contribution in [2.45, 2.75) is 30.3 Å². The molecular weight excluding hydrogens is 474 g/mol. The highest BCUT2D eigenvalue weighted by Crippen LogP contribution is 2.24. The highest BCUT2D eigenvalue weighted by atomic mass is 35.5. The molecule has 3 aromatic heterocycles. The van der Waals surface area contributed by atoms with E-state index < -0.39 is 0 Å². The summed E-state index contributed by atoms with van der Waals surface area (Å²) < 4.78 is 2.18. The number of hydrogen-bond acceptors (Lipinski definition) is 6. The van der Waals surface area contributed by atoms with Crippen LogP contribution in [0.4, 0.5) is 0 Å². The van der Waals surface area contributed by atoms with Gasteiger partial charge >= 0.3 is 0 Å². The van der Waals surface area contributed by atoms with E-state index >= 15 is 0 Å². The molecule has 0 saturated heterocycles. The zero-order valence-electron chi connectivity index (χ0n) is 17.6. The highest BCUT2D eigenvalue weighted by Gasteiger charge is 2.15. The second-order valence-corrected chi connectivity index (χ2v) is 9.92. The van der Waals surface area contributed by atoms with Crippen molar-refractivity contribution in [3.63, 3.8) is 0 Å². The number of fused-ring (bicyclic) bond motifs is 1. The topological polar surface area (TPSA) is 76.5 Å². The van der Waals surface area contributed by atoms with Crippen LogP contribution in [0.1, 0.15) is 22.1 Å². The van der Waals surface area contributed by atoms with Gasteiger partial charge in [0.05, 0.1) is 16.7 Å². The summed E-state index contributed by atoms with van der Waals surface area (Å²) in [5.41, 5.74) is 1.70. The fourth-order valence-corrected chi connectivity index (χ4v) is 5.32. The van der Waals surface area contributed by atoms with Crippen LogP contribution in [0.2, 0.25) is 5.02 Å². The van der Waals surface area contributed by atoms with E-state index in [1.165, 1.54) is 22.2 Å². The molecule has 0 fully saturated rings. The molecule has 9 heteroatoms. The molecule has 0 aliphatic carbocycles.